The Morgan fingerprint density at radius 2 is 1.94 bits per heavy atom. The first-order chi connectivity index (χ1) is 14.7. The molecule has 0 aromatic heterocycles. The Labute approximate surface area is 187 Å². The summed E-state index contributed by atoms with van der Waals surface area (Å²) >= 11 is 0. The van der Waals surface area contributed by atoms with Gasteiger partial charge in [-0.05, 0) is 92.4 Å². The van der Waals surface area contributed by atoms with E-state index in [0.29, 0.717) is 29.5 Å². The van der Waals surface area contributed by atoms with Gasteiger partial charge in [0.15, 0.2) is 0 Å². The summed E-state index contributed by atoms with van der Waals surface area (Å²) in [6, 6.07) is 0. The second-order valence-electron chi connectivity index (χ2n) is 12.3. The summed E-state index contributed by atoms with van der Waals surface area (Å²) in [7, 11) is 0. The molecule has 174 valence electrons. The number of ether oxygens (including phenoxy) is 1. The SMILES string of the molecule is CC1=C(CC[C@@H](C)CO)O[C@@H]2C[C@@H]3[C@@H]4CC[C@@H]5C[C@H](O)CC[C@@]5(C)[C@@H]4CC(=O)[C@@]3(C)[C@H]12. The van der Waals surface area contributed by atoms with Crippen LogP contribution in [0.25, 0.3) is 0 Å². The molecule has 31 heavy (non-hydrogen) atoms. The van der Waals surface area contributed by atoms with Crippen LogP contribution in [0.1, 0.15) is 85.5 Å². The number of ketones is 1. The number of Topliss-reactive ketones (excluding diaryl/α,β-unsaturated/α-hetero) is 1. The monoisotopic (exact) mass is 430 g/mol. The van der Waals surface area contributed by atoms with E-state index in [1.54, 1.807) is 0 Å². The Balaban J connectivity index is 1.41. The summed E-state index contributed by atoms with van der Waals surface area (Å²) < 4.78 is 6.54. The number of allylic oxidation sites excluding steroid dienone is 1. The normalized spacial score (nSPS) is 49.7. The van der Waals surface area contributed by atoms with Crippen LogP contribution in [0.4, 0.5) is 0 Å². The molecule has 4 aliphatic carbocycles. The summed E-state index contributed by atoms with van der Waals surface area (Å²) in [5.41, 5.74) is 1.25. The number of hydrogen-bond donors (Lipinski definition) is 2. The molecule has 1 aliphatic heterocycles. The highest BCUT2D eigenvalue weighted by Gasteiger charge is 2.67. The minimum Gasteiger partial charge on any atom is -0.494 e. The van der Waals surface area contributed by atoms with Crippen molar-refractivity contribution in [1.29, 1.82) is 0 Å². The molecule has 4 saturated carbocycles. The largest absolute Gasteiger partial charge is 0.494 e. The number of aliphatic hydroxyl groups excluding tert-OH is 2. The third-order valence-electron chi connectivity index (χ3n) is 10.9. The molecule has 4 heteroatoms. The van der Waals surface area contributed by atoms with Crippen LogP contribution in [0.3, 0.4) is 0 Å². The maximum Gasteiger partial charge on any atom is 0.140 e. The Kier molecular flexibility index (Phi) is 5.37. The zero-order valence-corrected chi connectivity index (χ0v) is 19.9. The smallest absolute Gasteiger partial charge is 0.140 e. The lowest BCUT2D eigenvalue weighted by Gasteiger charge is -2.60. The van der Waals surface area contributed by atoms with Gasteiger partial charge in [0.05, 0.1) is 11.9 Å². The van der Waals surface area contributed by atoms with Gasteiger partial charge in [-0.15, -0.1) is 0 Å². The zero-order valence-electron chi connectivity index (χ0n) is 19.9. The molecule has 4 nitrogen and oxygen atoms in total. The van der Waals surface area contributed by atoms with Crippen LogP contribution < -0.4 is 0 Å². The van der Waals surface area contributed by atoms with E-state index >= 15 is 0 Å². The molecule has 1 heterocycles. The van der Waals surface area contributed by atoms with Crippen molar-refractivity contribution in [2.75, 3.05) is 6.61 Å². The number of carbonyl (C=O) groups is 1. The van der Waals surface area contributed by atoms with Crippen molar-refractivity contribution >= 4 is 5.78 Å². The van der Waals surface area contributed by atoms with Gasteiger partial charge in [-0.2, -0.15) is 0 Å². The van der Waals surface area contributed by atoms with Crippen molar-refractivity contribution in [3.8, 4) is 0 Å². The van der Waals surface area contributed by atoms with E-state index in [9.17, 15) is 15.0 Å². The fraction of sp³-hybridized carbons (Fsp3) is 0.889. The fourth-order valence-corrected chi connectivity index (χ4v) is 8.97. The number of fused-ring (bicyclic) bond motifs is 7. The molecule has 0 bridgehead atoms. The summed E-state index contributed by atoms with van der Waals surface area (Å²) in [4.78, 5) is 13.9. The Morgan fingerprint density at radius 3 is 2.68 bits per heavy atom. The van der Waals surface area contributed by atoms with Crippen LogP contribution in [0, 0.1) is 46.3 Å². The molecule has 5 rings (SSSR count). The van der Waals surface area contributed by atoms with Crippen molar-refractivity contribution in [3.05, 3.63) is 11.3 Å². The fourth-order valence-electron chi connectivity index (χ4n) is 8.97. The van der Waals surface area contributed by atoms with Crippen molar-refractivity contribution in [1.82, 2.24) is 0 Å². The molecule has 0 spiro atoms. The molecule has 0 saturated heterocycles. The first-order valence-electron chi connectivity index (χ1n) is 12.9. The van der Waals surface area contributed by atoms with E-state index in [4.69, 9.17) is 4.74 Å². The van der Waals surface area contributed by atoms with Gasteiger partial charge in [-0.1, -0.05) is 20.8 Å². The molecular formula is C27H42O4. The Morgan fingerprint density at radius 1 is 1.16 bits per heavy atom. The second kappa shape index (κ2) is 7.58. The van der Waals surface area contributed by atoms with E-state index in [0.717, 1.165) is 50.7 Å². The minimum absolute atomic E-state index is 0.141. The highest BCUT2D eigenvalue weighted by molar-refractivity contribution is 5.87. The van der Waals surface area contributed by atoms with Gasteiger partial charge >= 0.3 is 0 Å². The van der Waals surface area contributed by atoms with Crippen molar-refractivity contribution in [3.63, 3.8) is 0 Å². The predicted octanol–water partition coefficient (Wildman–Crippen LogP) is 4.88. The van der Waals surface area contributed by atoms with E-state index in [2.05, 4.69) is 27.7 Å². The minimum atomic E-state index is -0.280. The molecule has 0 radical (unpaired) electrons. The average molecular weight is 431 g/mol. The highest BCUT2D eigenvalue weighted by Crippen LogP contribution is 2.68. The van der Waals surface area contributed by atoms with Crippen molar-refractivity contribution in [2.45, 2.75) is 97.7 Å². The van der Waals surface area contributed by atoms with Crippen LogP contribution in [-0.2, 0) is 9.53 Å². The third-order valence-corrected chi connectivity index (χ3v) is 10.9. The topological polar surface area (TPSA) is 66.8 Å². The zero-order chi connectivity index (χ0) is 22.1. The Bertz CT molecular complexity index is 773. The Hall–Kier alpha value is -0.870. The van der Waals surface area contributed by atoms with Gasteiger partial charge in [0.25, 0.3) is 0 Å². The van der Waals surface area contributed by atoms with Crippen molar-refractivity contribution in [2.24, 2.45) is 46.3 Å². The lowest BCUT2D eigenvalue weighted by molar-refractivity contribution is -0.158. The predicted molar refractivity (Wildman–Crippen MR) is 120 cm³/mol. The van der Waals surface area contributed by atoms with E-state index in [1.807, 2.05) is 0 Å². The highest BCUT2D eigenvalue weighted by atomic mass is 16.5. The summed E-state index contributed by atoms with van der Waals surface area (Å²) in [6.45, 7) is 9.21. The molecule has 4 fully saturated rings. The van der Waals surface area contributed by atoms with Crippen molar-refractivity contribution < 1.29 is 19.7 Å². The first-order valence-corrected chi connectivity index (χ1v) is 12.9. The maximum atomic E-state index is 13.9. The molecule has 5 aliphatic rings. The van der Waals surface area contributed by atoms with Gasteiger partial charge in [0, 0.05) is 30.8 Å². The van der Waals surface area contributed by atoms with Crippen LogP contribution in [-0.4, -0.2) is 34.8 Å². The average Bonchev–Trinajstić information content (AvgIpc) is 3.22. The molecule has 0 aromatic carbocycles. The van der Waals surface area contributed by atoms with Gasteiger partial charge in [-0.3, -0.25) is 4.79 Å². The molecule has 2 N–H and O–H groups in total. The van der Waals surface area contributed by atoms with Gasteiger partial charge in [-0.25, -0.2) is 0 Å². The van der Waals surface area contributed by atoms with Crippen LogP contribution in [0.2, 0.25) is 0 Å². The van der Waals surface area contributed by atoms with E-state index in [-0.39, 0.29) is 41.5 Å². The molecule has 10 atom stereocenters. The number of aliphatic hydroxyl groups is 2. The van der Waals surface area contributed by atoms with Gasteiger partial charge in [0.2, 0.25) is 0 Å². The summed E-state index contributed by atoms with van der Waals surface area (Å²) in [6.07, 6.45) is 8.93. The van der Waals surface area contributed by atoms with E-state index in [1.165, 1.54) is 18.4 Å². The first kappa shape index (κ1) is 21.9. The molecule has 0 amide bonds. The molecular weight excluding hydrogens is 388 g/mol. The molecule has 0 unspecified atom stereocenters. The van der Waals surface area contributed by atoms with Crippen LogP contribution in [0.15, 0.2) is 11.3 Å². The van der Waals surface area contributed by atoms with E-state index < -0.39 is 0 Å². The maximum absolute atomic E-state index is 13.9. The quantitative estimate of drug-likeness (QED) is 0.667. The summed E-state index contributed by atoms with van der Waals surface area (Å²) in [5.74, 6) is 4.23. The van der Waals surface area contributed by atoms with Crippen LogP contribution in [0.5, 0.6) is 0 Å². The number of carbonyl (C=O) groups excluding carboxylic acids is 1. The summed E-state index contributed by atoms with van der Waals surface area (Å²) in [5, 5.41) is 19.6. The van der Waals surface area contributed by atoms with Gasteiger partial charge < -0.3 is 14.9 Å². The van der Waals surface area contributed by atoms with Crippen LogP contribution >= 0.6 is 0 Å². The molecule has 0 aromatic rings. The lowest BCUT2D eigenvalue weighted by atomic mass is 9.44. The standard InChI is InChI=1S/C27H42O4/c1-15(14-28)5-8-22-16(2)25-23(31-22)12-21-19-7-6-17-11-18(29)9-10-26(17,3)20(19)13-24(30)27(21,25)4/h15,17-21,23,25,28-29H,5-14H2,1-4H3/t15-,17-,18-,19-,20-,21-,23-,25-,26-,27+/m1/s1. The number of rotatable bonds is 4. The third kappa shape index (κ3) is 3.10. The lowest BCUT2D eigenvalue weighted by Crippen LogP contribution is -2.57. The number of hydrogen-bond acceptors (Lipinski definition) is 4. The van der Waals surface area contributed by atoms with Gasteiger partial charge in [0.1, 0.15) is 11.9 Å². The second-order valence-corrected chi connectivity index (χ2v) is 12.3.